The van der Waals surface area contributed by atoms with Crippen LogP contribution in [0.2, 0.25) is 0 Å². The summed E-state index contributed by atoms with van der Waals surface area (Å²) in [5.74, 6) is 0.793. The number of hydrogen-bond donors (Lipinski definition) is 0. The van der Waals surface area contributed by atoms with Gasteiger partial charge < -0.3 is 4.42 Å². The maximum Gasteiger partial charge on any atom is 0.181 e. The molecule has 6 aromatic rings. The second kappa shape index (κ2) is 6.32. The lowest BCUT2D eigenvalue weighted by Gasteiger charge is -2.17. The lowest BCUT2D eigenvalue weighted by atomic mass is 9.86. The van der Waals surface area contributed by atoms with E-state index in [1.165, 1.54) is 49.8 Å². The molecule has 0 N–H and O–H groups in total. The van der Waals surface area contributed by atoms with Gasteiger partial charge in [-0.3, -0.25) is 0 Å². The first-order valence-corrected chi connectivity index (χ1v) is 9.72. The van der Waals surface area contributed by atoms with Crippen molar-refractivity contribution in [2.75, 3.05) is 0 Å². The number of benzene rings is 5. The van der Waals surface area contributed by atoms with Crippen LogP contribution in [-0.4, -0.2) is 4.98 Å². The molecular formula is C27H17NO. The van der Waals surface area contributed by atoms with E-state index in [0.717, 1.165) is 11.3 Å². The number of rotatable bonds is 2. The number of hydrogen-bond acceptors (Lipinski definition) is 2. The average Bonchev–Trinajstić information content (AvgIpc) is 3.31. The van der Waals surface area contributed by atoms with Gasteiger partial charge in [-0.05, 0) is 43.4 Å². The quantitative estimate of drug-likeness (QED) is 0.295. The first kappa shape index (κ1) is 16.1. The van der Waals surface area contributed by atoms with E-state index in [0.29, 0.717) is 0 Å². The summed E-state index contributed by atoms with van der Waals surface area (Å²) < 4.78 is 5.74. The second-order valence-corrected chi connectivity index (χ2v) is 7.23. The summed E-state index contributed by atoms with van der Waals surface area (Å²) >= 11 is 0. The molecule has 0 spiro atoms. The molecule has 0 aliphatic heterocycles. The molecule has 6 rings (SSSR count). The molecule has 1 heterocycles. The molecule has 0 radical (unpaired) electrons. The van der Waals surface area contributed by atoms with Gasteiger partial charge in [-0.2, -0.15) is 0 Å². The molecule has 2 nitrogen and oxygen atoms in total. The van der Waals surface area contributed by atoms with Crippen molar-refractivity contribution in [3.63, 3.8) is 0 Å². The van der Waals surface area contributed by atoms with Gasteiger partial charge in [0.1, 0.15) is 0 Å². The van der Waals surface area contributed by atoms with Gasteiger partial charge >= 0.3 is 0 Å². The molecule has 0 unspecified atom stereocenters. The topological polar surface area (TPSA) is 26.0 Å². The molecule has 0 atom stereocenters. The van der Waals surface area contributed by atoms with Crippen molar-refractivity contribution in [2.24, 2.45) is 0 Å². The third kappa shape index (κ3) is 2.39. The van der Waals surface area contributed by atoms with Gasteiger partial charge in [0.25, 0.3) is 0 Å². The first-order chi connectivity index (χ1) is 14.4. The van der Waals surface area contributed by atoms with E-state index in [1.807, 2.05) is 0 Å². The summed E-state index contributed by atoms with van der Waals surface area (Å²) in [5.41, 5.74) is 3.61. The normalized spacial score (nSPS) is 11.4. The number of oxazole rings is 1. The lowest BCUT2D eigenvalue weighted by Crippen LogP contribution is -1.90. The monoisotopic (exact) mass is 371 g/mol. The van der Waals surface area contributed by atoms with Gasteiger partial charge in [0.05, 0.1) is 6.20 Å². The molecule has 0 bridgehead atoms. The highest BCUT2D eigenvalue weighted by atomic mass is 16.3. The summed E-state index contributed by atoms with van der Waals surface area (Å²) in [6, 6.07) is 32.3. The van der Waals surface area contributed by atoms with Crippen molar-refractivity contribution in [1.82, 2.24) is 4.98 Å². The highest BCUT2D eigenvalue weighted by Gasteiger charge is 2.18. The highest BCUT2D eigenvalue weighted by Crippen LogP contribution is 2.44. The Kier molecular flexibility index (Phi) is 3.50. The van der Waals surface area contributed by atoms with E-state index >= 15 is 0 Å². The predicted octanol–water partition coefficient (Wildman–Crippen LogP) is 7.47. The van der Waals surface area contributed by atoms with E-state index in [1.54, 1.807) is 6.20 Å². The molecule has 1 aromatic heterocycles. The van der Waals surface area contributed by atoms with E-state index in [9.17, 15) is 0 Å². The van der Waals surface area contributed by atoms with Crippen LogP contribution in [0.4, 0.5) is 0 Å². The van der Waals surface area contributed by atoms with Gasteiger partial charge in [0.2, 0.25) is 0 Å². The van der Waals surface area contributed by atoms with Crippen LogP contribution in [0, 0.1) is 0 Å². The van der Waals surface area contributed by atoms with Crippen LogP contribution in [0.15, 0.2) is 108 Å². The summed E-state index contributed by atoms with van der Waals surface area (Å²) in [6.45, 7) is 0. The molecule has 136 valence electrons. The Labute approximate surface area is 168 Å². The predicted molar refractivity (Wildman–Crippen MR) is 120 cm³/mol. The Hall–Kier alpha value is -3.91. The van der Waals surface area contributed by atoms with E-state index in [-0.39, 0.29) is 0 Å². The Balaban J connectivity index is 1.86. The van der Waals surface area contributed by atoms with Crippen molar-refractivity contribution < 1.29 is 4.42 Å². The van der Waals surface area contributed by atoms with Gasteiger partial charge in [-0.25, -0.2) is 4.98 Å². The van der Waals surface area contributed by atoms with E-state index < -0.39 is 0 Å². The maximum atomic E-state index is 5.74. The van der Waals surface area contributed by atoms with Gasteiger partial charge in [-0.15, -0.1) is 0 Å². The number of nitrogens with zero attached hydrogens (tertiary/aromatic N) is 1. The minimum absolute atomic E-state index is 0.793. The summed E-state index contributed by atoms with van der Waals surface area (Å²) in [7, 11) is 0. The third-order valence-electron chi connectivity index (χ3n) is 5.67. The smallest absolute Gasteiger partial charge is 0.181 e. The SMILES string of the molecule is c1ccc2c(-c3c4ccccc4c(-c4cnco4)c4ccccc34)cccc2c1. The molecule has 0 saturated heterocycles. The van der Waals surface area contributed by atoms with E-state index in [4.69, 9.17) is 4.42 Å². The summed E-state index contributed by atoms with van der Waals surface area (Å²) in [4.78, 5) is 4.17. The van der Waals surface area contributed by atoms with Gasteiger partial charge in [0, 0.05) is 5.56 Å². The van der Waals surface area contributed by atoms with Crippen LogP contribution >= 0.6 is 0 Å². The van der Waals surface area contributed by atoms with Gasteiger partial charge in [-0.1, -0.05) is 91.0 Å². The Morgan fingerprint density at radius 3 is 1.69 bits per heavy atom. The molecule has 0 aliphatic rings. The minimum Gasteiger partial charge on any atom is -0.443 e. The maximum absolute atomic E-state index is 5.74. The number of fused-ring (bicyclic) bond motifs is 3. The zero-order valence-electron chi connectivity index (χ0n) is 15.7. The van der Waals surface area contributed by atoms with Crippen molar-refractivity contribution in [3.05, 3.63) is 104 Å². The largest absolute Gasteiger partial charge is 0.443 e. The van der Waals surface area contributed by atoms with Crippen LogP contribution in [0.1, 0.15) is 0 Å². The summed E-state index contributed by atoms with van der Waals surface area (Å²) in [5, 5.41) is 7.29. The molecule has 0 aliphatic carbocycles. The number of aromatic nitrogens is 1. The molecular weight excluding hydrogens is 354 g/mol. The first-order valence-electron chi connectivity index (χ1n) is 9.72. The molecule has 0 amide bonds. The standard InChI is InChI=1S/C27H17NO/c1-2-10-19-18(8-1)9-7-15-20(19)26-21-11-3-5-13-23(21)27(25-16-28-17-29-25)24-14-6-4-12-22(24)26/h1-17H. The highest BCUT2D eigenvalue weighted by molar-refractivity contribution is 6.23. The van der Waals surface area contributed by atoms with Crippen LogP contribution in [0.25, 0.3) is 54.8 Å². The minimum atomic E-state index is 0.793. The van der Waals surface area contributed by atoms with E-state index in [2.05, 4.69) is 96.0 Å². The van der Waals surface area contributed by atoms with Crippen molar-refractivity contribution in [1.29, 1.82) is 0 Å². The van der Waals surface area contributed by atoms with Crippen LogP contribution in [-0.2, 0) is 0 Å². The fourth-order valence-corrected chi connectivity index (χ4v) is 4.47. The second-order valence-electron chi connectivity index (χ2n) is 7.23. The third-order valence-corrected chi connectivity index (χ3v) is 5.67. The van der Waals surface area contributed by atoms with Gasteiger partial charge in [0.15, 0.2) is 12.2 Å². The molecule has 2 heteroatoms. The molecule has 29 heavy (non-hydrogen) atoms. The average molecular weight is 371 g/mol. The fraction of sp³-hybridized carbons (Fsp3) is 0. The Bertz CT molecular complexity index is 1430. The van der Waals surface area contributed by atoms with Crippen molar-refractivity contribution >= 4 is 32.3 Å². The van der Waals surface area contributed by atoms with Crippen molar-refractivity contribution in [2.45, 2.75) is 0 Å². The van der Waals surface area contributed by atoms with Crippen molar-refractivity contribution in [3.8, 4) is 22.5 Å². The van der Waals surface area contributed by atoms with Crippen LogP contribution in [0.5, 0.6) is 0 Å². The van der Waals surface area contributed by atoms with Crippen LogP contribution in [0.3, 0.4) is 0 Å². The van der Waals surface area contributed by atoms with Crippen LogP contribution < -0.4 is 0 Å². The Morgan fingerprint density at radius 2 is 1.07 bits per heavy atom. The fourth-order valence-electron chi connectivity index (χ4n) is 4.47. The zero-order chi connectivity index (χ0) is 19.2. The molecule has 5 aromatic carbocycles. The molecule has 0 saturated carbocycles. The zero-order valence-corrected chi connectivity index (χ0v) is 15.7. The lowest BCUT2D eigenvalue weighted by molar-refractivity contribution is 0.573. The Morgan fingerprint density at radius 1 is 0.517 bits per heavy atom. The summed E-state index contributed by atoms with van der Waals surface area (Å²) in [6.07, 6.45) is 3.29. The molecule has 0 fully saturated rings.